The van der Waals surface area contributed by atoms with Gasteiger partial charge in [0.1, 0.15) is 22.6 Å². The van der Waals surface area contributed by atoms with Crippen molar-refractivity contribution in [2.75, 3.05) is 31.2 Å². The molecule has 146 valence electrons. The third-order valence-electron chi connectivity index (χ3n) is 4.54. The molecule has 1 N–H and O–H groups in total. The molecule has 1 fully saturated rings. The molecule has 4 rings (SSSR count). The van der Waals surface area contributed by atoms with E-state index in [1.807, 2.05) is 41.3 Å². The van der Waals surface area contributed by atoms with Crippen LogP contribution in [0.2, 0.25) is 5.15 Å². The van der Waals surface area contributed by atoms with Gasteiger partial charge in [-0.1, -0.05) is 29.8 Å². The lowest BCUT2D eigenvalue weighted by molar-refractivity contribution is 0.122. The molecular formula is C20H17ClN6O2. The number of ether oxygens (including phenoxy) is 1. The van der Waals surface area contributed by atoms with E-state index in [1.54, 1.807) is 16.7 Å². The number of anilines is 1. The van der Waals surface area contributed by atoms with Gasteiger partial charge in [0.2, 0.25) is 5.95 Å². The first-order valence-corrected chi connectivity index (χ1v) is 9.36. The van der Waals surface area contributed by atoms with Gasteiger partial charge in [0.15, 0.2) is 5.82 Å². The summed E-state index contributed by atoms with van der Waals surface area (Å²) >= 11 is 6.11. The van der Waals surface area contributed by atoms with Crippen molar-refractivity contribution in [2.45, 2.75) is 0 Å². The molecule has 1 aliphatic heterocycles. The summed E-state index contributed by atoms with van der Waals surface area (Å²) in [4.78, 5) is 6.00. The summed E-state index contributed by atoms with van der Waals surface area (Å²) in [6.07, 6.45) is 1.51. The van der Waals surface area contributed by atoms with Crippen LogP contribution in [0.1, 0.15) is 11.4 Å². The zero-order valence-corrected chi connectivity index (χ0v) is 16.1. The molecule has 2 aromatic heterocycles. The van der Waals surface area contributed by atoms with Crippen molar-refractivity contribution in [3.8, 4) is 11.8 Å². The number of pyridine rings is 1. The molecule has 0 atom stereocenters. The molecule has 1 saturated heterocycles. The lowest BCUT2D eigenvalue weighted by Crippen LogP contribution is -2.38. The standard InChI is InChI=1S/C20H17ClN6O2/c21-18-15(7-4-8-23-18)17(28)16(13-22)19-24-25-20(26-9-11-29-12-10-26)27(19)14-5-2-1-3-6-14/h1-8,28H,9-12H2. The molecule has 1 aromatic carbocycles. The number of aromatic nitrogens is 4. The lowest BCUT2D eigenvalue weighted by atomic mass is 10.1. The molecule has 3 aromatic rings. The van der Waals surface area contributed by atoms with Gasteiger partial charge in [0, 0.05) is 19.3 Å². The van der Waals surface area contributed by atoms with Crippen LogP contribution in [0.5, 0.6) is 0 Å². The van der Waals surface area contributed by atoms with Crippen LogP contribution in [0.25, 0.3) is 17.0 Å². The molecule has 0 radical (unpaired) electrons. The maximum Gasteiger partial charge on any atom is 0.232 e. The van der Waals surface area contributed by atoms with Crippen LogP contribution in [0.3, 0.4) is 0 Å². The number of rotatable bonds is 4. The monoisotopic (exact) mass is 408 g/mol. The van der Waals surface area contributed by atoms with E-state index in [0.717, 1.165) is 5.69 Å². The van der Waals surface area contributed by atoms with Crippen LogP contribution >= 0.6 is 11.6 Å². The number of aliphatic hydroxyl groups excluding tert-OH is 1. The SMILES string of the molecule is N#CC(=C(O)c1cccnc1Cl)c1nnc(N2CCOCC2)n1-c1ccccc1. The number of para-hydroxylation sites is 1. The summed E-state index contributed by atoms with van der Waals surface area (Å²) < 4.78 is 7.18. The van der Waals surface area contributed by atoms with Crippen LogP contribution < -0.4 is 4.90 Å². The second-order valence-corrected chi connectivity index (χ2v) is 6.63. The fourth-order valence-electron chi connectivity index (χ4n) is 3.13. The van der Waals surface area contributed by atoms with Crippen molar-refractivity contribution >= 4 is 28.9 Å². The van der Waals surface area contributed by atoms with Crippen molar-refractivity contribution in [2.24, 2.45) is 0 Å². The smallest absolute Gasteiger partial charge is 0.232 e. The van der Waals surface area contributed by atoms with Gasteiger partial charge >= 0.3 is 0 Å². The first-order chi connectivity index (χ1) is 14.2. The largest absolute Gasteiger partial charge is 0.506 e. The Morgan fingerprint density at radius 2 is 1.86 bits per heavy atom. The molecule has 0 bridgehead atoms. The highest BCUT2D eigenvalue weighted by atomic mass is 35.5. The Bertz CT molecular complexity index is 1080. The Kier molecular flexibility index (Phi) is 5.42. The minimum atomic E-state index is -0.302. The molecule has 8 nitrogen and oxygen atoms in total. The van der Waals surface area contributed by atoms with E-state index < -0.39 is 0 Å². The predicted molar refractivity (Wildman–Crippen MR) is 109 cm³/mol. The number of nitrogens with zero attached hydrogens (tertiary/aromatic N) is 6. The van der Waals surface area contributed by atoms with E-state index in [0.29, 0.717) is 32.3 Å². The maximum atomic E-state index is 10.8. The molecule has 0 spiro atoms. The zero-order valence-electron chi connectivity index (χ0n) is 15.4. The average molecular weight is 409 g/mol. The number of morpholine rings is 1. The molecule has 0 unspecified atom stereocenters. The van der Waals surface area contributed by atoms with Crippen molar-refractivity contribution in [1.29, 1.82) is 5.26 Å². The lowest BCUT2D eigenvalue weighted by Gasteiger charge is -2.28. The van der Waals surface area contributed by atoms with Gasteiger partial charge in [-0.05, 0) is 24.3 Å². The first kappa shape index (κ1) is 18.9. The average Bonchev–Trinajstić information content (AvgIpc) is 3.20. The Morgan fingerprint density at radius 3 is 2.55 bits per heavy atom. The minimum Gasteiger partial charge on any atom is -0.506 e. The van der Waals surface area contributed by atoms with Crippen molar-refractivity contribution in [3.63, 3.8) is 0 Å². The molecule has 3 heterocycles. The van der Waals surface area contributed by atoms with Gasteiger partial charge < -0.3 is 14.7 Å². The Morgan fingerprint density at radius 1 is 1.10 bits per heavy atom. The van der Waals surface area contributed by atoms with Crippen LogP contribution in [0, 0.1) is 11.3 Å². The zero-order chi connectivity index (χ0) is 20.2. The number of benzene rings is 1. The highest BCUT2D eigenvalue weighted by Crippen LogP contribution is 2.30. The number of halogens is 1. The molecule has 0 saturated carbocycles. The fraction of sp³-hybridized carbons (Fsp3) is 0.200. The van der Waals surface area contributed by atoms with Crippen molar-refractivity contribution in [1.82, 2.24) is 19.7 Å². The summed E-state index contributed by atoms with van der Waals surface area (Å²) in [5.74, 6) is 0.494. The van der Waals surface area contributed by atoms with Crippen LogP contribution in [-0.4, -0.2) is 51.2 Å². The van der Waals surface area contributed by atoms with E-state index in [1.165, 1.54) is 6.20 Å². The predicted octanol–water partition coefficient (Wildman–Crippen LogP) is 3.10. The Balaban J connectivity index is 1.91. The van der Waals surface area contributed by atoms with Gasteiger partial charge in [-0.25, -0.2) is 4.98 Å². The van der Waals surface area contributed by atoms with Crippen LogP contribution in [0.4, 0.5) is 5.95 Å². The van der Waals surface area contributed by atoms with Gasteiger partial charge in [-0.15, -0.1) is 10.2 Å². The maximum absolute atomic E-state index is 10.8. The van der Waals surface area contributed by atoms with E-state index in [-0.39, 0.29) is 27.9 Å². The second-order valence-electron chi connectivity index (χ2n) is 6.27. The third-order valence-corrected chi connectivity index (χ3v) is 4.84. The summed E-state index contributed by atoms with van der Waals surface area (Å²) in [7, 11) is 0. The summed E-state index contributed by atoms with van der Waals surface area (Å²) in [5.41, 5.74) is 0.976. The molecular weight excluding hydrogens is 392 g/mol. The van der Waals surface area contributed by atoms with Gasteiger partial charge in [-0.2, -0.15) is 5.26 Å². The molecule has 9 heteroatoms. The number of hydrogen-bond acceptors (Lipinski definition) is 7. The summed E-state index contributed by atoms with van der Waals surface area (Å²) in [6.45, 7) is 2.46. The molecule has 29 heavy (non-hydrogen) atoms. The number of nitriles is 1. The van der Waals surface area contributed by atoms with Crippen molar-refractivity contribution in [3.05, 3.63) is 65.2 Å². The molecule has 1 aliphatic rings. The molecule has 0 amide bonds. The van der Waals surface area contributed by atoms with Gasteiger partial charge in [-0.3, -0.25) is 4.57 Å². The second kappa shape index (κ2) is 8.31. The van der Waals surface area contributed by atoms with Gasteiger partial charge in [0.05, 0.1) is 24.5 Å². The normalized spacial score (nSPS) is 15.0. The van der Waals surface area contributed by atoms with E-state index in [2.05, 4.69) is 15.2 Å². The Labute approximate surface area is 172 Å². The van der Waals surface area contributed by atoms with E-state index in [4.69, 9.17) is 16.3 Å². The van der Waals surface area contributed by atoms with E-state index in [9.17, 15) is 10.4 Å². The minimum absolute atomic E-state index is 0.0456. The number of allylic oxidation sites excluding steroid dienone is 1. The van der Waals surface area contributed by atoms with Gasteiger partial charge in [0.25, 0.3) is 0 Å². The highest BCUT2D eigenvalue weighted by molar-refractivity contribution is 6.31. The van der Waals surface area contributed by atoms with Crippen LogP contribution in [0.15, 0.2) is 48.7 Å². The quantitative estimate of drug-likeness (QED) is 0.402. The fourth-order valence-corrected chi connectivity index (χ4v) is 3.34. The first-order valence-electron chi connectivity index (χ1n) is 8.99. The third kappa shape index (κ3) is 3.66. The van der Waals surface area contributed by atoms with E-state index >= 15 is 0 Å². The number of aliphatic hydroxyl groups is 1. The number of hydrogen-bond donors (Lipinski definition) is 1. The molecule has 0 aliphatic carbocycles. The highest BCUT2D eigenvalue weighted by Gasteiger charge is 2.26. The van der Waals surface area contributed by atoms with Crippen LogP contribution in [-0.2, 0) is 4.74 Å². The Hall–Kier alpha value is -3.41. The van der Waals surface area contributed by atoms with Crippen molar-refractivity contribution < 1.29 is 9.84 Å². The summed E-state index contributed by atoms with van der Waals surface area (Å²) in [6, 6.07) is 14.7. The summed E-state index contributed by atoms with van der Waals surface area (Å²) in [5, 5.41) is 29.3. The topological polar surface area (TPSA) is 100 Å².